The zero-order valence-electron chi connectivity index (χ0n) is 12.1. The van der Waals surface area contributed by atoms with E-state index in [4.69, 9.17) is 10.00 Å². The lowest BCUT2D eigenvalue weighted by molar-refractivity contribution is 0.0311. The summed E-state index contributed by atoms with van der Waals surface area (Å²) in [7, 11) is -1.72. The number of nitrogens with zero attached hydrogens (tertiary/aromatic N) is 2. The molecule has 0 aliphatic carbocycles. The van der Waals surface area contributed by atoms with Crippen LogP contribution < -0.4 is 5.32 Å². The molecule has 0 aromatic heterocycles. The first-order valence-corrected chi connectivity index (χ1v) is 8.21. The predicted molar refractivity (Wildman–Crippen MR) is 78.0 cm³/mol. The molecule has 7 heteroatoms. The quantitative estimate of drug-likeness (QED) is 0.893. The van der Waals surface area contributed by atoms with Gasteiger partial charge in [-0.25, -0.2) is 8.42 Å². The molecule has 0 spiro atoms. The first-order chi connectivity index (χ1) is 9.98. The van der Waals surface area contributed by atoms with Gasteiger partial charge in [-0.3, -0.25) is 0 Å². The van der Waals surface area contributed by atoms with E-state index >= 15 is 0 Å². The number of nitriles is 1. The Morgan fingerprint density at radius 3 is 2.67 bits per heavy atom. The van der Waals surface area contributed by atoms with Gasteiger partial charge in [0.05, 0.1) is 24.1 Å². The van der Waals surface area contributed by atoms with Crippen LogP contribution in [-0.2, 0) is 14.8 Å². The number of hydrogen-bond acceptors (Lipinski definition) is 5. The van der Waals surface area contributed by atoms with Crippen LogP contribution in [0.3, 0.4) is 0 Å². The predicted octanol–water partition coefficient (Wildman–Crippen LogP) is 0.880. The van der Waals surface area contributed by atoms with E-state index in [2.05, 4.69) is 5.32 Å². The van der Waals surface area contributed by atoms with Crippen molar-refractivity contribution in [2.24, 2.45) is 0 Å². The highest BCUT2D eigenvalue weighted by Gasteiger charge is 2.30. The Morgan fingerprint density at radius 2 is 2.10 bits per heavy atom. The molecule has 1 fully saturated rings. The van der Waals surface area contributed by atoms with Gasteiger partial charge in [0, 0.05) is 12.6 Å². The summed E-state index contributed by atoms with van der Waals surface area (Å²) < 4.78 is 31.6. The molecular weight excluding hydrogens is 290 g/mol. The van der Waals surface area contributed by atoms with Crippen molar-refractivity contribution in [1.29, 1.82) is 5.26 Å². The molecule has 0 amide bonds. The minimum atomic E-state index is -3.57. The van der Waals surface area contributed by atoms with Crippen LogP contribution in [0.4, 0.5) is 0 Å². The van der Waals surface area contributed by atoms with Crippen LogP contribution in [0.2, 0.25) is 0 Å². The third-order valence-electron chi connectivity index (χ3n) is 3.62. The van der Waals surface area contributed by atoms with Crippen molar-refractivity contribution in [3.05, 3.63) is 29.8 Å². The fraction of sp³-hybridized carbons (Fsp3) is 0.500. The zero-order chi connectivity index (χ0) is 15.5. The molecule has 1 saturated heterocycles. The second-order valence-electron chi connectivity index (χ2n) is 4.93. The van der Waals surface area contributed by atoms with Crippen LogP contribution in [0.1, 0.15) is 18.5 Å². The summed E-state index contributed by atoms with van der Waals surface area (Å²) in [4.78, 5) is 0.244. The monoisotopic (exact) mass is 309 g/mol. The summed E-state index contributed by atoms with van der Waals surface area (Å²) in [5.74, 6) is 0. The molecule has 114 valence electrons. The topological polar surface area (TPSA) is 82.4 Å². The van der Waals surface area contributed by atoms with E-state index in [0.29, 0.717) is 0 Å². The highest BCUT2D eigenvalue weighted by molar-refractivity contribution is 7.89. The minimum Gasteiger partial charge on any atom is -0.361 e. The van der Waals surface area contributed by atoms with Crippen molar-refractivity contribution >= 4 is 10.0 Å². The summed E-state index contributed by atoms with van der Waals surface area (Å²) >= 11 is 0. The molecule has 1 aromatic rings. The molecule has 2 rings (SSSR count). The van der Waals surface area contributed by atoms with Crippen molar-refractivity contribution in [1.82, 2.24) is 9.62 Å². The number of morpholine rings is 1. The molecule has 1 aromatic carbocycles. The van der Waals surface area contributed by atoms with Gasteiger partial charge in [0.15, 0.2) is 6.10 Å². The third kappa shape index (κ3) is 3.41. The lowest BCUT2D eigenvalue weighted by Crippen LogP contribution is -2.44. The fourth-order valence-electron chi connectivity index (χ4n) is 2.17. The van der Waals surface area contributed by atoms with Crippen LogP contribution in [0, 0.1) is 11.3 Å². The van der Waals surface area contributed by atoms with Crippen LogP contribution in [0.5, 0.6) is 0 Å². The van der Waals surface area contributed by atoms with E-state index in [1.165, 1.54) is 4.31 Å². The van der Waals surface area contributed by atoms with Crippen molar-refractivity contribution < 1.29 is 13.2 Å². The molecule has 0 radical (unpaired) electrons. The maximum atomic E-state index is 12.5. The molecule has 1 N–H and O–H groups in total. The number of benzene rings is 1. The largest absolute Gasteiger partial charge is 0.361 e. The van der Waals surface area contributed by atoms with Gasteiger partial charge in [-0.05, 0) is 31.7 Å². The second kappa shape index (κ2) is 6.54. The van der Waals surface area contributed by atoms with Crippen molar-refractivity contribution in [2.45, 2.75) is 24.0 Å². The number of ether oxygens (including phenoxy) is 1. The maximum absolute atomic E-state index is 12.5. The highest BCUT2D eigenvalue weighted by Crippen LogP contribution is 2.21. The Labute approximate surface area is 125 Å². The lowest BCUT2D eigenvalue weighted by atomic mass is 10.1. The highest BCUT2D eigenvalue weighted by atomic mass is 32.2. The summed E-state index contributed by atoms with van der Waals surface area (Å²) in [6.45, 7) is 2.60. The van der Waals surface area contributed by atoms with Crippen LogP contribution >= 0.6 is 0 Å². The molecule has 1 aliphatic rings. The summed E-state index contributed by atoms with van der Waals surface area (Å²) in [6.07, 6.45) is -0.697. The van der Waals surface area contributed by atoms with Crippen LogP contribution in [0.25, 0.3) is 0 Å². The van der Waals surface area contributed by atoms with Gasteiger partial charge < -0.3 is 10.1 Å². The second-order valence-corrected chi connectivity index (χ2v) is 6.87. The van der Waals surface area contributed by atoms with E-state index in [0.717, 1.165) is 5.56 Å². The SMILES string of the molecule is CNC(C)c1ccc(S(=O)(=O)N2CCOC(C#N)C2)cc1. The van der Waals surface area contributed by atoms with Crippen LogP contribution in [-0.4, -0.2) is 45.6 Å². The van der Waals surface area contributed by atoms with Gasteiger partial charge in [-0.1, -0.05) is 12.1 Å². The lowest BCUT2D eigenvalue weighted by Gasteiger charge is -2.29. The Morgan fingerprint density at radius 1 is 1.43 bits per heavy atom. The average molecular weight is 309 g/mol. The number of sulfonamides is 1. The summed E-state index contributed by atoms with van der Waals surface area (Å²) in [6, 6.07) is 8.93. The fourth-order valence-corrected chi connectivity index (χ4v) is 3.59. The van der Waals surface area contributed by atoms with E-state index in [1.807, 2.05) is 20.0 Å². The van der Waals surface area contributed by atoms with Gasteiger partial charge in [-0.2, -0.15) is 9.57 Å². The minimum absolute atomic E-state index is 0.0769. The van der Waals surface area contributed by atoms with Gasteiger partial charge in [0.1, 0.15) is 0 Å². The molecule has 6 nitrogen and oxygen atoms in total. The van der Waals surface area contributed by atoms with E-state index in [9.17, 15) is 8.42 Å². The zero-order valence-corrected chi connectivity index (χ0v) is 12.9. The third-order valence-corrected chi connectivity index (χ3v) is 5.50. The first kappa shape index (κ1) is 15.9. The van der Waals surface area contributed by atoms with Crippen molar-refractivity contribution in [3.8, 4) is 6.07 Å². The summed E-state index contributed by atoms with van der Waals surface area (Å²) in [5, 5.41) is 12.0. The van der Waals surface area contributed by atoms with E-state index in [1.54, 1.807) is 24.3 Å². The Hall–Kier alpha value is -1.46. The van der Waals surface area contributed by atoms with Crippen molar-refractivity contribution in [2.75, 3.05) is 26.7 Å². The first-order valence-electron chi connectivity index (χ1n) is 6.77. The molecule has 1 heterocycles. The van der Waals surface area contributed by atoms with Crippen LogP contribution in [0.15, 0.2) is 29.2 Å². The molecule has 0 saturated carbocycles. The maximum Gasteiger partial charge on any atom is 0.243 e. The Bertz CT molecular complexity index is 622. The average Bonchev–Trinajstić information content (AvgIpc) is 2.54. The molecule has 0 bridgehead atoms. The van der Waals surface area contributed by atoms with Gasteiger partial charge in [0.25, 0.3) is 0 Å². The molecule has 1 aliphatic heterocycles. The molecular formula is C14H19N3O3S. The normalized spacial score (nSPS) is 21.7. The van der Waals surface area contributed by atoms with Gasteiger partial charge >= 0.3 is 0 Å². The number of rotatable bonds is 4. The summed E-state index contributed by atoms with van der Waals surface area (Å²) in [5.41, 5.74) is 1.02. The van der Waals surface area contributed by atoms with E-state index < -0.39 is 16.1 Å². The standard InChI is InChI=1S/C14H19N3O3S/c1-11(16-2)12-3-5-14(6-4-12)21(18,19)17-7-8-20-13(9-15)10-17/h3-6,11,13,16H,7-8,10H2,1-2H3. The Kier molecular flexibility index (Phi) is 4.96. The van der Waals surface area contributed by atoms with E-state index in [-0.39, 0.29) is 30.6 Å². The molecule has 2 unspecified atom stereocenters. The van der Waals surface area contributed by atoms with Crippen molar-refractivity contribution in [3.63, 3.8) is 0 Å². The van der Waals surface area contributed by atoms with Gasteiger partial charge in [-0.15, -0.1) is 0 Å². The number of nitrogens with one attached hydrogen (secondary N) is 1. The Balaban J connectivity index is 2.21. The molecule has 2 atom stereocenters. The smallest absolute Gasteiger partial charge is 0.243 e. The molecule has 21 heavy (non-hydrogen) atoms. The number of hydrogen-bond donors (Lipinski definition) is 1. The van der Waals surface area contributed by atoms with Gasteiger partial charge in [0.2, 0.25) is 10.0 Å².